The van der Waals surface area contributed by atoms with Crippen molar-refractivity contribution in [3.63, 3.8) is 0 Å². The van der Waals surface area contributed by atoms with Crippen molar-refractivity contribution in [3.05, 3.63) is 63.1 Å². The molecule has 4 heteroatoms. The third kappa shape index (κ3) is 4.47. The second-order valence-electron chi connectivity index (χ2n) is 4.85. The van der Waals surface area contributed by atoms with Crippen molar-refractivity contribution in [2.24, 2.45) is 0 Å². The van der Waals surface area contributed by atoms with Crippen LogP contribution >= 0.6 is 27.5 Å². The van der Waals surface area contributed by atoms with Crippen LogP contribution in [0.15, 0.2) is 46.9 Å². The van der Waals surface area contributed by atoms with Crippen LogP contribution in [0.1, 0.15) is 30.5 Å². The summed E-state index contributed by atoms with van der Waals surface area (Å²) in [6, 6.07) is 14.3. The van der Waals surface area contributed by atoms with Gasteiger partial charge in [-0.25, -0.2) is 0 Å². The Hall–Kier alpha value is -1.03. The minimum atomic E-state index is 0.306. The maximum absolute atomic E-state index is 5.95. The molecule has 0 heterocycles. The second kappa shape index (κ2) is 7.83. The summed E-state index contributed by atoms with van der Waals surface area (Å²) in [7, 11) is 1.68. The van der Waals surface area contributed by atoms with Crippen molar-refractivity contribution in [1.29, 1.82) is 0 Å². The lowest BCUT2D eigenvalue weighted by atomic mass is 10.0. The number of rotatable bonds is 6. The Morgan fingerprint density at radius 3 is 2.52 bits per heavy atom. The summed E-state index contributed by atoms with van der Waals surface area (Å²) in [5.41, 5.74) is 2.43. The van der Waals surface area contributed by atoms with Crippen LogP contribution in [0.3, 0.4) is 0 Å². The van der Waals surface area contributed by atoms with Gasteiger partial charge < -0.3 is 10.1 Å². The smallest absolute Gasteiger partial charge is 0.119 e. The molecule has 0 saturated carbocycles. The van der Waals surface area contributed by atoms with E-state index in [1.54, 1.807) is 7.11 Å². The van der Waals surface area contributed by atoms with Gasteiger partial charge in [-0.15, -0.1) is 0 Å². The molecule has 0 radical (unpaired) electrons. The quantitative estimate of drug-likeness (QED) is 0.742. The van der Waals surface area contributed by atoms with E-state index < -0.39 is 0 Å². The van der Waals surface area contributed by atoms with Crippen LogP contribution < -0.4 is 10.1 Å². The number of methoxy groups -OCH3 is 1. The Morgan fingerprint density at radius 1 is 1.19 bits per heavy atom. The first-order valence-corrected chi connectivity index (χ1v) is 8.12. The molecule has 2 nitrogen and oxygen atoms in total. The molecule has 21 heavy (non-hydrogen) atoms. The molecule has 112 valence electrons. The molecule has 1 unspecified atom stereocenters. The van der Waals surface area contributed by atoms with Crippen LogP contribution in [-0.4, -0.2) is 7.11 Å². The number of nitrogens with one attached hydrogen (secondary N) is 1. The first-order chi connectivity index (χ1) is 10.1. The third-order valence-electron chi connectivity index (χ3n) is 3.47. The fraction of sp³-hybridized carbons (Fsp3) is 0.294. The molecule has 0 spiro atoms. The van der Waals surface area contributed by atoms with E-state index in [9.17, 15) is 0 Å². The largest absolute Gasteiger partial charge is 0.497 e. The summed E-state index contributed by atoms with van der Waals surface area (Å²) in [5.74, 6) is 0.870. The van der Waals surface area contributed by atoms with Gasteiger partial charge in [0.1, 0.15) is 5.75 Å². The number of hydrogen-bond acceptors (Lipinski definition) is 2. The van der Waals surface area contributed by atoms with Crippen LogP contribution in [0.5, 0.6) is 5.75 Å². The molecule has 2 aromatic carbocycles. The highest BCUT2D eigenvalue weighted by Gasteiger charge is 2.10. The lowest BCUT2D eigenvalue weighted by Crippen LogP contribution is -2.20. The van der Waals surface area contributed by atoms with Gasteiger partial charge in [-0.3, -0.25) is 0 Å². The van der Waals surface area contributed by atoms with Gasteiger partial charge in [0.15, 0.2) is 0 Å². The third-order valence-corrected chi connectivity index (χ3v) is 4.50. The summed E-state index contributed by atoms with van der Waals surface area (Å²) in [4.78, 5) is 0. The van der Waals surface area contributed by atoms with Crippen molar-refractivity contribution < 1.29 is 4.74 Å². The van der Waals surface area contributed by atoms with Crippen molar-refractivity contribution in [2.45, 2.75) is 25.9 Å². The standard InChI is InChI=1S/C17H19BrClNO/c1-3-17(12-4-6-14(19)7-5-12)20-11-13-10-15(21-2)8-9-16(13)18/h4-10,17,20H,3,11H2,1-2H3. The van der Waals surface area contributed by atoms with E-state index in [0.29, 0.717) is 6.04 Å². The lowest BCUT2D eigenvalue weighted by Gasteiger charge is -2.18. The molecule has 0 fully saturated rings. The topological polar surface area (TPSA) is 21.3 Å². The Labute approximate surface area is 139 Å². The van der Waals surface area contributed by atoms with Crippen molar-refractivity contribution in [2.75, 3.05) is 7.11 Å². The van der Waals surface area contributed by atoms with Crippen LogP contribution in [-0.2, 0) is 6.54 Å². The molecule has 0 aliphatic rings. The Morgan fingerprint density at radius 2 is 1.90 bits per heavy atom. The molecule has 0 amide bonds. The lowest BCUT2D eigenvalue weighted by molar-refractivity contribution is 0.413. The number of ether oxygens (including phenoxy) is 1. The number of halogens is 2. The molecule has 2 rings (SSSR count). The van der Waals surface area contributed by atoms with E-state index in [1.807, 2.05) is 30.3 Å². The highest BCUT2D eigenvalue weighted by Crippen LogP contribution is 2.24. The van der Waals surface area contributed by atoms with Crippen molar-refractivity contribution >= 4 is 27.5 Å². The zero-order chi connectivity index (χ0) is 15.2. The summed E-state index contributed by atoms with van der Waals surface area (Å²) in [5, 5.41) is 4.35. The summed E-state index contributed by atoms with van der Waals surface area (Å²) < 4.78 is 6.36. The SMILES string of the molecule is CCC(NCc1cc(OC)ccc1Br)c1ccc(Cl)cc1. The highest BCUT2D eigenvalue weighted by molar-refractivity contribution is 9.10. The summed E-state index contributed by atoms with van der Waals surface area (Å²) >= 11 is 9.53. The predicted octanol–water partition coefficient (Wildman–Crippen LogP) is 5.35. The van der Waals surface area contributed by atoms with Gasteiger partial charge in [0.25, 0.3) is 0 Å². The first-order valence-electron chi connectivity index (χ1n) is 6.95. The average Bonchev–Trinajstić information content (AvgIpc) is 2.51. The molecule has 0 aromatic heterocycles. The molecular weight excluding hydrogens is 350 g/mol. The van der Waals surface area contributed by atoms with Gasteiger partial charge in [-0.1, -0.05) is 46.6 Å². The van der Waals surface area contributed by atoms with E-state index >= 15 is 0 Å². The Kier molecular flexibility index (Phi) is 6.09. The summed E-state index contributed by atoms with van der Waals surface area (Å²) in [6.45, 7) is 2.95. The molecule has 1 atom stereocenters. The van der Waals surface area contributed by atoms with Crippen molar-refractivity contribution in [3.8, 4) is 5.75 Å². The minimum absolute atomic E-state index is 0.306. The normalized spacial score (nSPS) is 12.2. The van der Waals surface area contributed by atoms with E-state index in [-0.39, 0.29) is 0 Å². The number of benzene rings is 2. The van der Waals surface area contributed by atoms with Gasteiger partial charge in [0.05, 0.1) is 7.11 Å². The first kappa shape index (κ1) is 16.3. The van der Waals surface area contributed by atoms with Gasteiger partial charge in [0, 0.05) is 22.1 Å². The van der Waals surface area contributed by atoms with Crippen LogP contribution in [0, 0.1) is 0 Å². The fourth-order valence-corrected chi connectivity index (χ4v) is 2.75. The van der Waals surface area contributed by atoms with E-state index in [1.165, 1.54) is 11.1 Å². The van der Waals surface area contributed by atoms with Gasteiger partial charge in [-0.2, -0.15) is 0 Å². The molecule has 0 aliphatic carbocycles. The maximum atomic E-state index is 5.95. The zero-order valence-electron chi connectivity index (χ0n) is 12.2. The van der Waals surface area contributed by atoms with Crippen molar-refractivity contribution in [1.82, 2.24) is 5.32 Å². The van der Waals surface area contributed by atoms with E-state index in [2.05, 4.69) is 40.3 Å². The molecular formula is C17H19BrClNO. The minimum Gasteiger partial charge on any atom is -0.497 e. The van der Waals surface area contributed by atoms with Gasteiger partial charge >= 0.3 is 0 Å². The zero-order valence-corrected chi connectivity index (χ0v) is 14.5. The molecule has 0 saturated heterocycles. The Bertz CT molecular complexity index is 586. The van der Waals surface area contributed by atoms with Crippen LogP contribution in [0.25, 0.3) is 0 Å². The van der Waals surface area contributed by atoms with Crippen LogP contribution in [0.4, 0.5) is 0 Å². The fourth-order valence-electron chi connectivity index (χ4n) is 2.24. The van der Waals surface area contributed by atoms with Gasteiger partial charge in [0.2, 0.25) is 0 Å². The average molecular weight is 369 g/mol. The number of hydrogen-bond donors (Lipinski definition) is 1. The van der Waals surface area contributed by atoms with Crippen LogP contribution in [0.2, 0.25) is 5.02 Å². The van der Waals surface area contributed by atoms with E-state index in [4.69, 9.17) is 16.3 Å². The summed E-state index contributed by atoms with van der Waals surface area (Å²) in [6.07, 6.45) is 1.02. The molecule has 1 N–H and O–H groups in total. The highest BCUT2D eigenvalue weighted by atomic mass is 79.9. The molecule has 0 aliphatic heterocycles. The monoisotopic (exact) mass is 367 g/mol. The second-order valence-corrected chi connectivity index (χ2v) is 6.14. The molecule has 0 bridgehead atoms. The van der Waals surface area contributed by atoms with E-state index in [0.717, 1.165) is 28.2 Å². The predicted molar refractivity (Wildman–Crippen MR) is 92.0 cm³/mol. The molecule has 2 aromatic rings. The van der Waals surface area contributed by atoms with Gasteiger partial charge in [-0.05, 0) is 47.9 Å². The Balaban J connectivity index is 2.08. The maximum Gasteiger partial charge on any atom is 0.119 e.